The van der Waals surface area contributed by atoms with Crippen LogP contribution in [0.5, 0.6) is 0 Å². The number of fused-ring (bicyclic) bond motifs is 1. The van der Waals surface area contributed by atoms with Crippen LogP contribution in [0.25, 0.3) is 10.9 Å². The molecule has 26 heavy (non-hydrogen) atoms. The number of nitrogens with one attached hydrogen (secondary N) is 2. The van der Waals surface area contributed by atoms with E-state index in [1.165, 1.54) is 6.33 Å². The number of pyridine rings is 1. The first kappa shape index (κ1) is 17.5. The summed E-state index contributed by atoms with van der Waals surface area (Å²) in [4.78, 5) is 23.8. The van der Waals surface area contributed by atoms with Gasteiger partial charge in [0.1, 0.15) is 6.33 Å². The van der Waals surface area contributed by atoms with E-state index >= 15 is 0 Å². The number of hydrogen-bond acceptors (Lipinski definition) is 7. The van der Waals surface area contributed by atoms with Gasteiger partial charge in [-0.1, -0.05) is 31.5 Å². The molecule has 0 spiro atoms. The third-order valence-electron chi connectivity index (χ3n) is 3.94. The Kier molecular flexibility index (Phi) is 5.21. The molecule has 0 radical (unpaired) electrons. The van der Waals surface area contributed by atoms with Gasteiger partial charge >= 0.3 is 5.69 Å². The summed E-state index contributed by atoms with van der Waals surface area (Å²) < 4.78 is 0. The zero-order chi connectivity index (χ0) is 18.5. The zero-order valence-electron chi connectivity index (χ0n) is 14.7. The van der Waals surface area contributed by atoms with E-state index in [1.807, 2.05) is 37.3 Å². The summed E-state index contributed by atoms with van der Waals surface area (Å²) >= 11 is 0. The number of benzene rings is 1. The molecule has 0 aliphatic rings. The molecule has 8 heteroatoms. The van der Waals surface area contributed by atoms with Crippen molar-refractivity contribution < 1.29 is 4.92 Å². The summed E-state index contributed by atoms with van der Waals surface area (Å²) in [5.41, 5.74) is 2.09. The van der Waals surface area contributed by atoms with Crippen LogP contribution >= 0.6 is 0 Å². The lowest BCUT2D eigenvalue weighted by atomic mass is 10.1. The van der Waals surface area contributed by atoms with Gasteiger partial charge in [0.2, 0.25) is 11.6 Å². The van der Waals surface area contributed by atoms with Gasteiger partial charge in [-0.3, -0.25) is 15.1 Å². The SMILES string of the molecule is CCCCNc1ncnc(Nc2cccc3ccc(C)nc23)c1[N+](=O)[O-]. The van der Waals surface area contributed by atoms with Gasteiger partial charge < -0.3 is 10.6 Å². The molecule has 1 aromatic carbocycles. The monoisotopic (exact) mass is 352 g/mol. The number of anilines is 3. The number of nitrogens with zero attached hydrogens (tertiary/aromatic N) is 4. The van der Waals surface area contributed by atoms with Crippen LogP contribution in [0.15, 0.2) is 36.7 Å². The molecular weight excluding hydrogens is 332 g/mol. The Morgan fingerprint density at radius 2 is 1.96 bits per heavy atom. The van der Waals surface area contributed by atoms with Crippen molar-refractivity contribution in [2.75, 3.05) is 17.2 Å². The Bertz CT molecular complexity index is 944. The van der Waals surface area contributed by atoms with E-state index in [1.54, 1.807) is 0 Å². The molecule has 8 nitrogen and oxygen atoms in total. The Morgan fingerprint density at radius 1 is 1.15 bits per heavy atom. The first-order valence-corrected chi connectivity index (χ1v) is 8.46. The van der Waals surface area contributed by atoms with E-state index < -0.39 is 4.92 Å². The molecule has 3 rings (SSSR count). The van der Waals surface area contributed by atoms with Crippen LogP contribution in [0.2, 0.25) is 0 Å². The normalized spacial score (nSPS) is 10.7. The molecule has 2 heterocycles. The van der Waals surface area contributed by atoms with Gasteiger partial charge in [-0.2, -0.15) is 0 Å². The van der Waals surface area contributed by atoms with Crippen LogP contribution in [-0.4, -0.2) is 26.4 Å². The van der Waals surface area contributed by atoms with Gasteiger partial charge in [-0.25, -0.2) is 9.97 Å². The van der Waals surface area contributed by atoms with Crippen molar-refractivity contribution in [3.8, 4) is 0 Å². The van der Waals surface area contributed by atoms with Crippen LogP contribution in [0.3, 0.4) is 0 Å². The van der Waals surface area contributed by atoms with Gasteiger partial charge in [0.25, 0.3) is 0 Å². The molecule has 0 bridgehead atoms. The number of aryl methyl sites for hydroxylation is 1. The van der Waals surface area contributed by atoms with Crippen molar-refractivity contribution in [2.45, 2.75) is 26.7 Å². The Labute approximate surface area is 150 Å². The van der Waals surface area contributed by atoms with E-state index in [-0.39, 0.29) is 17.3 Å². The molecule has 0 fully saturated rings. The minimum atomic E-state index is -0.472. The maximum absolute atomic E-state index is 11.6. The number of rotatable bonds is 7. The average Bonchev–Trinajstić information content (AvgIpc) is 2.62. The molecule has 0 aliphatic heterocycles. The van der Waals surface area contributed by atoms with Gasteiger partial charge in [-0.05, 0) is 25.5 Å². The van der Waals surface area contributed by atoms with E-state index in [4.69, 9.17) is 0 Å². The van der Waals surface area contributed by atoms with Crippen LogP contribution in [0, 0.1) is 17.0 Å². The lowest BCUT2D eigenvalue weighted by molar-refractivity contribution is -0.383. The third kappa shape index (κ3) is 3.69. The molecule has 0 unspecified atom stereocenters. The molecule has 0 atom stereocenters. The van der Waals surface area contributed by atoms with Crippen molar-refractivity contribution in [3.05, 3.63) is 52.5 Å². The predicted molar refractivity (Wildman–Crippen MR) is 102 cm³/mol. The molecule has 0 saturated heterocycles. The average molecular weight is 352 g/mol. The number of para-hydroxylation sites is 1. The number of nitro groups is 1. The number of aromatic nitrogens is 3. The summed E-state index contributed by atoms with van der Waals surface area (Å²) in [5.74, 6) is 0.352. The smallest absolute Gasteiger partial charge is 0.353 e. The summed E-state index contributed by atoms with van der Waals surface area (Å²) in [6.45, 7) is 4.57. The highest BCUT2D eigenvalue weighted by molar-refractivity contribution is 5.93. The molecule has 0 aliphatic carbocycles. The standard InChI is InChI=1S/C18H20N6O2/c1-3-4-10-19-17-16(24(25)26)18(21-11-20-17)23-14-7-5-6-13-9-8-12(2)22-15(13)14/h5-9,11H,3-4,10H2,1-2H3,(H2,19,20,21,23). The quantitative estimate of drug-likeness (QED) is 0.373. The second-order valence-electron chi connectivity index (χ2n) is 5.91. The molecule has 2 N–H and O–H groups in total. The van der Waals surface area contributed by atoms with Gasteiger partial charge in [0.15, 0.2) is 0 Å². The number of unbranched alkanes of at least 4 members (excludes halogenated alkanes) is 1. The Balaban J connectivity index is 2.01. The van der Waals surface area contributed by atoms with Crippen LogP contribution in [0.4, 0.5) is 23.0 Å². The van der Waals surface area contributed by atoms with Crippen LogP contribution in [-0.2, 0) is 0 Å². The lowest BCUT2D eigenvalue weighted by Gasteiger charge is -2.11. The van der Waals surface area contributed by atoms with Crippen LogP contribution in [0.1, 0.15) is 25.5 Å². The highest BCUT2D eigenvalue weighted by Crippen LogP contribution is 2.33. The van der Waals surface area contributed by atoms with Crippen molar-refractivity contribution in [1.82, 2.24) is 15.0 Å². The van der Waals surface area contributed by atoms with Gasteiger partial charge in [0.05, 0.1) is 16.1 Å². The highest BCUT2D eigenvalue weighted by Gasteiger charge is 2.23. The molecule has 2 aromatic heterocycles. The van der Waals surface area contributed by atoms with E-state index in [0.717, 1.165) is 29.4 Å². The second kappa shape index (κ2) is 7.73. The molecule has 134 valence electrons. The molecule has 3 aromatic rings. The fourth-order valence-electron chi connectivity index (χ4n) is 2.63. The third-order valence-corrected chi connectivity index (χ3v) is 3.94. The second-order valence-corrected chi connectivity index (χ2v) is 5.91. The Hall–Kier alpha value is -3.29. The summed E-state index contributed by atoms with van der Waals surface area (Å²) in [6, 6.07) is 9.53. The lowest BCUT2D eigenvalue weighted by Crippen LogP contribution is -2.09. The fraction of sp³-hybridized carbons (Fsp3) is 0.278. The largest absolute Gasteiger partial charge is 0.364 e. The van der Waals surface area contributed by atoms with Gasteiger partial charge in [0, 0.05) is 17.6 Å². The topological polar surface area (TPSA) is 106 Å². The van der Waals surface area contributed by atoms with Gasteiger partial charge in [-0.15, -0.1) is 0 Å². The number of hydrogen-bond donors (Lipinski definition) is 2. The van der Waals surface area contributed by atoms with Crippen molar-refractivity contribution in [1.29, 1.82) is 0 Å². The minimum Gasteiger partial charge on any atom is -0.364 e. The summed E-state index contributed by atoms with van der Waals surface area (Å²) in [6.07, 6.45) is 3.20. The van der Waals surface area contributed by atoms with E-state index in [9.17, 15) is 10.1 Å². The zero-order valence-corrected chi connectivity index (χ0v) is 14.7. The minimum absolute atomic E-state index is 0.139. The van der Waals surface area contributed by atoms with Crippen molar-refractivity contribution >= 4 is 33.9 Å². The summed E-state index contributed by atoms with van der Waals surface area (Å²) in [5, 5.41) is 18.6. The maximum atomic E-state index is 11.6. The molecule has 0 saturated carbocycles. The van der Waals surface area contributed by atoms with E-state index in [2.05, 4.69) is 32.5 Å². The predicted octanol–water partition coefficient (Wildman–Crippen LogP) is 4.20. The summed E-state index contributed by atoms with van der Waals surface area (Å²) in [7, 11) is 0. The van der Waals surface area contributed by atoms with Crippen molar-refractivity contribution in [2.24, 2.45) is 0 Å². The van der Waals surface area contributed by atoms with Crippen molar-refractivity contribution in [3.63, 3.8) is 0 Å². The molecular formula is C18H20N6O2. The van der Waals surface area contributed by atoms with E-state index in [0.29, 0.717) is 12.2 Å². The Morgan fingerprint density at radius 3 is 2.73 bits per heavy atom. The maximum Gasteiger partial charge on any atom is 0.353 e. The fourth-order valence-corrected chi connectivity index (χ4v) is 2.63. The first-order chi connectivity index (χ1) is 12.6. The van der Waals surface area contributed by atoms with Crippen LogP contribution < -0.4 is 10.6 Å². The first-order valence-electron chi connectivity index (χ1n) is 8.46. The molecule has 0 amide bonds. The highest BCUT2D eigenvalue weighted by atomic mass is 16.6.